The van der Waals surface area contributed by atoms with Gasteiger partial charge < -0.3 is 19.3 Å². The molecule has 0 aromatic carbocycles. The molecule has 1 heterocycles. The number of ether oxygens (including phenoxy) is 2. The van der Waals surface area contributed by atoms with Gasteiger partial charge in [-0.05, 0) is 0 Å². The number of hydrogen-bond acceptors (Lipinski definition) is 6. The summed E-state index contributed by atoms with van der Waals surface area (Å²) in [7, 11) is 1.55. The standard InChI is InChI=1S/C10H15F4N3O3/c1-18-3-2-15-4-8-16-7(17-20-8)5-19-6-10(13,14)9(11)12/h9,15H,2-6H2,1H3. The lowest BCUT2D eigenvalue weighted by molar-refractivity contribution is -0.168. The van der Waals surface area contributed by atoms with Crippen LogP contribution in [0.1, 0.15) is 11.7 Å². The van der Waals surface area contributed by atoms with E-state index < -0.39 is 25.6 Å². The number of rotatable bonds is 10. The first kappa shape index (κ1) is 16.8. The fourth-order valence-corrected chi connectivity index (χ4v) is 1.13. The molecule has 6 nitrogen and oxygen atoms in total. The number of methoxy groups -OCH3 is 1. The van der Waals surface area contributed by atoms with Crippen molar-refractivity contribution in [3.63, 3.8) is 0 Å². The van der Waals surface area contributed by atoms with Crippen LogP contribution in [0.5, 0.6) is 0 Å². The Kier molecular flexibility index (Phi) is 6.82. The second-order valence-corrected chi connectivity index (χ2v) is 3.83. The first-order chi connectivity index (χ1) is 9.45. The first-order valence-electron chi connectivity index (χ1n) is 5.70. The summed E-state index contributed by atoms with van der Waals surface area (Å²) < 4.78 is 62.8. The van der Waals surface area contributed by atoms with E-state index in [9.17, 15) is 17.6 Å². The molecule has 116 valence electrons. The molecule has 0 saturated carbocycles. The largest absolute Gasteiger partial charge is 0.383 e. The SMILES string of the molecule is COCCNCc1nc(COCC(F)(F)C(F)F)no1. The van der Waals surface area contributed by atoms with Crippen molar-refractivity contribution in [2.75, 3.05) is 26.9 Å². The Morgan fingerprint density at radius 1 is 1.40 bits per heavy atom. The minimum atomic E-state index is -4.19. The maximum atomic E-state index is 12.5. The van der Waals surface area contributed by atoms with Gasteiger partial charge in [0.2, 0.25) is 5.89 Å². The van der Waals surface area contributed by atoms with Crippen molar-refractivity contribution in [3.8, 4) is 0 Å². The van der Waals surface area contributed by atoms with Gasteiger partial charge in [-0.1, -0.05) is 5.16 Å². The lowest BCUT2D eigenvalue weighted by atomic mass is 10.4. The number of nitrogens with one attached hydrogen (secondary N) is 1. The number of nitrogens with zero attached hydrogens (tertiary/aromatic N) is 2. The molecule has 0 aliphatic heterocycles. The quantitative estimate of drug-likeness (QED) is 0.518. The van der Waals surface area contributed by atoms with Crippen molar-refractivity contribution < 1.29 is 31.6 Å². The zero-order chi connectivity index (χ0) is 15.0. The van der Waals surface area contributed by atoms with Gasteiger partial charge >= 0.3 is 12.3 Å². The highest BCUT2D eigenvalue weighted by atomic mass is 19.3. The van der Waals surface area contributed by atoms with Crippen LogP contribution < -0.4 is 5.32 Å². The third-order valence-corrected chi connectivity index (χ3v) is 2.11. The number of hydrogen-bond donors (Lipinski definition) is 1. The van der Waals surface area contributed by atoms with E-state index in [1.54, 1.807) is 7.11 Å². The summed E-state index contributed by atoms with van der Waals surface area (Å²) in [6.07, 6.45) is -3.77. The van der Waals surface area contributed by atoms with Crippen LogP contribution in [0.15, 0.2) is 4.52 Å². The van der Waals surface area contributed by atoms with Gasteiger partial charge in [-0.2, -0.15) is 13.8 Å². The Balaban J connectivity index is 2.26. The second kappa shape index (κ2) is 8.12. The molecule has 0 bridgehead atoms. The number of aromatic nitrogens is 2. The van der Waals surface area contributed by atoms with E-state index in [0.717, 1.165) is 0 Å². The lowest BCUT2D eigenvalue weighted by Crippen LogP contribution is -2.32. The summed E-state index contributed by atoms with van der Waals surface area (Å²) >= 11 is 0. The van der Waals surface area contributed by atoms with Gasteiger partial charge in [0.25, 0.3) is 0 Å². The summed E-state index contributed by atoms with van der Waals surface area (Å²) in [6, 6.07) is 0. The highest BCUT2D eigenvalue weighted by Gasteiger charge is 2.41. The summed E-state index contributed by atoms with van der Waals surface area (Å²) in [4.78, 5) is 3.83. The first-order valence-corrected chi connectivity index (χ1v) is 5.70. The van der Waals surface area contributed by atoms with E-state index in [4.69, 9.17) is 9.26 Å². The minimum absolute atomic E-state index is 0.0126. The molecule has 0 fully saturated rings. The highest BCUT2D eigenvalue weighted by Crippen LogP contribution is 2.23. The van der Waals surface area contributed by atoms with E-state index >= 15 is 0 Å². The maximum absolute atomic E-state index is 12.5. The molecule has 1 rings (SSSR count). The van der Waals surface area contributed by atoms with Crippen molar-refractivity contribution in [1.29, 1.82) is 0 Å². The minimum Gasteiger partial charge on any atom is -0.383 e. The van der Waals surface area contributed by atoms with Gasteiger partial charge in [-0.3, -0.25) is 0 Å². The van der Waals surface area contributed by atoms with Crippen LogP contribution in [0.3, 0.4) is 0 Å². The van der Waals surface area contributed by atoms with Gasteiger partial charge in [0.05, 0.1) is 13.2 Å². The zero-order valence-electron chi connectivity index (χ0n) is 10.7. The Morgan fingerprint density at radius 2 is 2.15 bits per heavy atom. The van der Waals surface area contributed by atoms with Crippen LogP contribution >= 0.6 is 0 Å². The average Bonchev–Trinajstić information content (AvgIpc) is 2.82. The molecular weight excluding hydrogens is 286 g/mol. The summed E-state index contributed by atoms with van der Waals surface area (Å²) in [5.74, 6) is -3.94. The smallest absolute Gasteiger partial charge is 0.330 e. The fourth-order valence-electron chi connectivity index (χ4n) is 1.13. The van der Waals surface area contributed by atoms with Gasteiger partial charge in [-0.25, -0.2) is 8.78 Å². The van der Waals surface area contributed by atoms with E-state index in [1.165, 1.54) is 0 Å². The van der Waals surface area contributed by atoms with E-state index in [0.29, 0.717) is 13.2 Å². The van der Waals surface area contributed by atoms with Crippen LogP contribution in [0.2, 0.25) is 0 Å². The van der Waals surface area contributed by atoms with Crippen LogP contribution in [0, 0.1) is 0 Å². The number of alkyl halides is 4. The van der Waals surface area contributed by atoms with Crippen molar-refractivity contribution in [2.24, 2.45) is 0 Å². The van der Waals surface area contributed by atoms with Crippen LogP contribution in [0.4, 0.5) is 17.6 Å². The van der Waals surface area contributed by atoms with Crippen LogP contribution in [-0.2, 0) is 22.6 Å². The van der Waals surface area contributed by atoms with Crippen molar-refractivity contribution in [2.45, 2.75) is 25.5 Å². The average molecular weight is 301 g/mol. The predicted octanol–water partition coefficient (Wildman–Crippen LogP) is 1.22. The number of halogens is 4. The molecule has 0 aliphatic carbocycles. The van der Waals surface area contributed by atoms with Gasteiger partial charge in [-0.15, -0.1) is 0 Å². The molecule has 0 saturated heterocycles. The lowest BCUT2D eigenvalue weighted by Gasteiger charge is -2.14. The summed E-state index contributed by atoms with van der Waals surface area (Å²) in [6.45, 7) is -0.466. The van der Waals surface area contributed by atoms with E-state index in [-0.39, 0.29) is 18.3 Å². The Morgan fingerprint density at radius 3 is 2.80 bits per heavy atom. The van der Waals surface area contributed by atoms with Gasteiger partial charge in [0, 0.05) is 13.7 Å². The van der Waals surface area contributed by atoms with Crippen LogP contribution in [-0.4, -0.2) is 49.4 Å². The molecule has 0 spiro atoms. The molecule has 0 atom stereocenters. The Hall–Kier alpha value is -1.26. The van der Waals surface area contributed by atoms with Crippen molar-refractivity contribution in [1.82, 2.24) is 15.5 Å². The molecule has 0 aliphatic rings. The molecule has 1 aromatic heterocycles. The van der Waals surface area contributed by atoms with Crippen molar-refractivity contribution in [3.05, 3.63) is 11.7 Å². The third-order valence-electron chi connectivity index (χ3n) is 2.11. The fraction of sp³-hybridized carbons (Fsp3) is 0.800. The molecular formula is C10H15F4N3O3. The highest BCUT2D eigenvalue weighted by molar-refractivity contribution is 4.84. The van der Waals surface area contributed by atoms with E-state index in [2.05, 4.69) is 20.2 Å². The second-order valence-electron chi connectivity index (χ2n) is 3.83. The molecule has 0 radical (unpaired) electrons. The van der Waals surface area contributed by atoms with Crippen molar-refractivity contribution >= 4 is 0 Å². The normalized spacial score (nSPS) is 12.3. The Labute approximate surface area is 112 Å². The molecule has 20 heavy (non-hydrogen) atoms. The molecule has 10 heteroatoms. The summed E-state index contributed by atoms with van der Waals surface area (Å²) in [5, 5.41) is 6.39. The topological polar surface area (TPSA) is 69.4 Å². The molecule has 1 aromatic rings. The Bertz CT molecular complexity index is 390. The molecule has 1 N–H and O–H groups in total. The van der Waals surface area contributed by atoms with Gasteiger partial charge in [0.1, 0.15) is 13.2 Å². The third kappa shape index (κ3) is 5.80. The van der Waals surface area contributed by atoms with Crippen LogP contribution in [0.25, 0.3) is 0 Å². The molecule has 0 unspecified atom stereocenters. The van der Waals surface area contributed by atoms with E-state index in [1.807, 2.05) is 0 Å². The maximum Gasteiger partial charge on any atom is 0.330 e. The summed E-state index contributed by atoms with van der Waals surface area (Å²) in [5.41, 5.74) is 0. The van der Waals surface area contributed by atoms with Gasteiger partial charge in [0.15, 0.2) is 5.82 Å². The molecule has 0 amide bonds. The predicted molar refractivity (Wildman–Crippen MR) is 58.5 cm³/mol. The monoisotopic (exact) mass is 301 g/mol. The zero-order valence-corrected chi connectivity index (χ0v) is 10.7.